The van der Waals surface area contributed by atoms with Crippen molar-refractivity contribution < 1.29 is 9.59 Å². The van der Waals surface area contributed by atoms with Crippen molar-refractivity contribution in [3.8, 4) is 0 Å². The fourth-order valence-electron chi connectivity index (χ4n) is 2.12. The largest absolute Gasteiger partial charge is 0.347 e. The summed E-state index contributed by atoms with van der Waals surface area (Å²) in [7, 11) is 0. The molecule has 5 heteroatoms. The van der Waals surface area contributed by atoms with E-state index in [0.29, 0.717) is 17.7 Å². The zero-order valence-corrected chi connectivity index (χ0v) is 15.7. The molecule has 0 aliphatic rings. The van der Waals surface area contributed by atoms with Crippen molar-refractivity contribution in [1.29, 1.82) is 0 Å². The van der Waals surface area contributed by atoms with E-state index in [-0.39, 0.29) is 17.4 Å². The number of anilines is 1. The van der Waals surface area contributed by atoms with Gasteiger partial charge >= 0.3 is 0 Å². The zero-order chi connectivity index (χ0) is 18.3. The van der Waals surface area contributed by atoms with Gasteiger partial charge in [-0.1, -0.05) is 18.2 Å². The average Bonchev–Trinajstić information content (AvgIpc) is 2.55. The van der Waals surface area contributed by atoms with Crippen molar-refractivity contribution in [3.63, 3.8) is 0 Å². The monoisotopic (exact) mass is 356 g/mol. The van der Waals surface area contributed by atoms with Gasteiger partial charge in [0.2, 0.25) is 5.91 Å². The van der Waals surface area contributed by atoms with Crippen molar-refractivity contribution in [1.82, 2.24) is 5.32 Å². The second-order valence-corrected chi connectivity index (χ2v) is 7.91. The van der Waals surface area contributed by atoms with Crippen LogP contribution in [0.2, 0.25) is 0 Å². The van der Waals surface area contributed by atoms with Gasteiger partial charge in [-0.15, -0.1) is 11.8 Å². The molecule has 0 aliphatic heterocycles. The fourth-order valence-corrected chi connectivity index (χ4v) is 2.99. The minimum absolute atomic E-state index is 0.0321. The maximum Gasteiger partial charge on any atom is 0.251 e. The average molecular weight is 356 g/mol. The lowest BCUT2D eigenvalue weighted by Gasteiger charge is -2.20. The number of amides is 2. The molecule has 0 aliphatic carbocycles. The molecule has 2 amide bonds. The second kappa shape index (κ2) is 8.72. The van der Waals surface area contributed by atoms with E-state index >= 15 is 0 Å². The summed E-state index contributed by atoms with van der Waals surface area (Å²) in [5, 5.41) is 5.77. The molecule has 2 aromatic rings. The van der Waals surface area contributed by atoms with E-state index in [4.69, 9.17) is 0 Å². The number of carbonyl (C=O) groups is 2. The van der Waals surface area contributed by atoms with Crippen LogP contribution in [0.25, 0.3) is 0 Å². The number of nitrogens with one attached hydrogen (secondary N) is 2. The van der Waals surface area contributed by atoms with Gasteiger partial charge in [-0.3, -0.25) is 9.59 Å². The Hall–Kier alpha value is -2.27. The summed E-state index contributed by atoms with van der Waals surface area (Å²) in [6.07, 6.45) is 0.436. The molecule has 0 saturated carbocycles. The Kier molecular flexibility index (Phi) is 6.65. The smallest absolute Gasteiger partial charge is 0.251 e. The minimum atomic E-state index is -0.277. The standard InChI is InChI=1S/C20H24N2O2S/c1-20(2,3)22-19(24)15-9-11-16(12-10-15)21-18(23)13-14-25-17-7-5-4-6-8-17/h4-12H,13-14H2,1-3H3,(H,21,23)(H,22,24). The molecule has 0 unspecified atom stereocenters. The van der Waals surface area contributed by atoms with E-state index in [1.165, 1.54) is 0 Å². The molecule has 0 fully saturated rings. The highest BCUT2D eigenvalue weighted by Crippen LogP contribution is 2.18. The van der Waals surface area contributed by atoms with Crippen LogP contribution in [0.5, 0.6) is 0 Å². The van der Waals surface area contributed by atoms with Crippen molar-refractivity contribution in [2.45, 2.75) is 37.6 Å². The first-order chi connectivity index (χ1) is 11.8. The summed E-state index contributed by atoms with van der Waals surface area (Å²) in [4.78, 5) is 25.2. The number of hydrogen-bond acceptors (Lipinski definition) is 3. The van der Waals surface area contributed by atoms with Crippen molar-refractivity contribution in [2.75, 3.05) is 11.1 Å². The lowest BCUT2D eigenvalue weighted by atomic mass is 10.1. The summed E-state index contributed by atoms with van der Waals surface area (Å²) >= 11 is 1.66. The van der Waals surface area contributed by atoms with E-state index in [2.05, 4.69) is 10.6 Å². The Balaban J connectivity index is 1.80. The lowest BCUT2D eigenvalue weighted by molar-refractivity contribution is -0.115. The first kappa shape index (κ1) is 19.1. The van der Waals surface area contributed by atoms with Gasteiger partial charge in [0, 0.05) is 33.9 Å². The molecule has 0 atom stereocenters. The SMILES string of the molecule is CC(C)(C)NC(=O)c1ccc(NC(=O)CCSc2ccccc2)cc1. The van der Waals surface area contributed by atoms with Crippen LogP contribution in [-0.4, -0.2) is 23.1 Å². The molecule has 25 heavy (non-hydrogen) atoms. The Labute approximate surface area is 153 Å². The lowest BCUT2D eigenvalue weighted by Crippen LogP contribution is -2.40. The topological polar surface area (TPSA) is 58.2 Å². The van der Waals surface area contributed by atoms with E-state index in [9.17, 15) is 9.59 Å². The van der Waals surface area contributed by atoms with Crippen LogP contribution in [0.4, 0.5) is 5.69 Å². The van der Waals surface area contributed by atoms with Crippen LogP contribution in [0, 0.1) is 0 Å². The molecule has 2 N–H and O–H groups in total. The Morgan fingerprint density at radius 1 is 0.960 bits per heavy atom. The number of rotatable bonds is 6. The molecule has 132 valence electrons. The van der Waals surface area contributed by atoms with Gasteiger partial charge in [0.15, 0.2) is 0 Å². The van der Waals surface area contributed by atoms with Crippen molar-refractivity contribution >= 4 is 29.3 Å². The Morgan fingerprint density at radius 2 is 1.60 bits per heavy atom. The molecule has 0 radical (unpaired) electrons. The van der Waals surface area contributed by atoms with Crippen LogP contribution in [-0.2, 0) is 4.79 Å². The number of hydrogen-bond donors (Lipinski definition) is 2. The third-order valence-corrected chi connectivity index (χ3v) is 4.27. The molecule has 2 rings (SSSR count). The summed E-state index contributed by atoms with van der Waals surface area (Å²) in [6.45, 7) is 5.81. The Morgan fingerprint density at radius 3 is 2.20 bits per heavy atom. The van der Waals surface area contributed by atoms with E-state index in [0.717, 1.165) is 10.6 Å². The van der Waals surface area contributed by atoms with Gasteiger partial charge in [0.1, 0.15) is 0 Å². The normalized spacial score (nSPS) is 11.0. The van der Waals surface area contributed by atoms with Crippen molar-refractivity contribution in [3.05, 3.63) is 60.2 Å². The molecule has 2 aromatic carbocycles. The Bertz CT molecular complexity index is 707. The summed E-state index contributed by atoms with van der Waals surface area (Å²) in [5.41, 5.74) is 0.995. The van der Waals surface area contributed by atoms with Crippen LogP contribution >= 0.6 is 11.8 Å². The maximum absolute atomic E-state index is 12.1. The highest BCUT2D eigenvalue weighted by Gasteiger charge is 2.15. The third-order valence-electron chi connectivity index (χ3n) is 3.26. The van der Waals surface area contributed by atoms with Gasteiger partial charge in [-0.2, -0.15) is 0 Å². The van der Waals surface area contributed by atoms with Gasteiger partial charge in [0.25, 0.3) is 5.91 Å². The van der Waals surface area contributed by atoms with E-state index < -0.39 is 0 Å². The van der Waals surface area contributed by atoms with Crippen molar-refractivity contribution in [2.24, 2.45) is 0 Å². The summed E-state index contributed by atoms with van der Waals surface area (Å²) in [5.74, 6) is 0.571. The minimum Gasteiger partial charge on any atom is -0.347 e. The summed E-state index contributed by atoms with van der Waals surface area (Å²) < 4.78 is 0. The number of benzene rings is 2. The van der Waals surface area contributed by atoms with Crippen LogP contribution in [0.3, 0.4) is 0 Å². The van der Waals surface area contributed by atoms with Crippen LogP contribution in [0.1, 0.15) is 37.6 Å². The third kappa shape index (κ3) is 7.01. The fraction of sp³-hybridized carbons (Fsp3) is 0.300. The highest BCUT2D eigenvalue weighted by molar-refractivity contribution is 7.99. The number of carbonyl (C=O) groups excluding carboxylic acids is 2. The van der Waals surface area contributed by atoms with Crippen LogP contribution in [0.15, 0.2) is 59.5 Å². The van der Waals surface area contributed by atoms with Gasteiger partial charge < -0.3 is 10.6 Å². The molecule has 0 spiro atoms. The highest BCUT2D eigenvalue weighted by atomic mass is 32.2. The molecular formula is C20H24N2O2S. The molecule has 4 nitrogen and oxygen atoms in total. The predicted octanol–water partition coefficient (Wildman–Crippen LogP) is 4.34. The second-order valence-electron chi connectivity index (χ2n) is 6.74. The maximum atomic E-state index is 12.1. The molecular weight excluding hydrogens is 332 g/mol. The molecule has 0 heterocycles. The van der Waals surface area contributed by atoms with Crippen LogP contribution < -0.4 is 10.6 Å². The molecule has 0 bridgehead atoms. The molecule has 0 aromatic heterocycles. The van der Waals surface area contributed by atoms with Gasteiger partial charge in [-0.25, -0.2) is 0 Å². The van der Waals surface area contributed by atoms with E-state index in [1.807, 2.05) is 51.1 Å². The predicted molar refractivity (Wildman–Crippen MR) is 104 cm³/mol. The quantitative estimate of drug-likeness (QED) is 0.757. The van der Waals surface area contributed by atoms with Gasteiger partial charge in [0.05, 0.1) is 0 Å². The zero-order valence-electron chi connectivity index (χ0n) is 14.8. The first-order valence-electron chi connectivity index (χ1n) is 8.24. The molecule has 0 saturated heterocycles. The van der Waals surface area contributed by atoms with E-state index in [1.54, 1.807) is 36.0 Å². The van der Waals surface area contributed by atoms with Gasteiger partial charge in [-0.05, 0) is 57.2 Å². The number of thioether (sulfide) groups is 1. The summed E-state index contributed by atoms with van der Waals surface area (Å²) in [6, 6.07) is 16.9. The first-order valence-corrected chi connectivity index (χ1v) is 9.22.